The number of nitrogens with one attached hydrogen (secondary N) is 3. The van der Waals surface area contributed by atoms with Crippen molar-refractivity contribution < 1.29 is 28.8 Å². The summed E-state index contributed by atoms with van der Waals surface area (Å²) in [5, 5.41) is 8.69. The number of hydrogen-bond donors (Lipinski definition) is 3. The highest BCUT2D eigenvalue weighted by Crippen LogP contribution is 2.24. The lowest BCUT2D eigenvalue weighted by molar-refractivity contribution is 0.0997. The van der Waals surface area contributed by atoms with E-state index in [0.29, 0.717) is 5.69 Å². The van der Waals surface area contributed by atoms with Gasteiger partial charge in [-0.2, -0.15) is 0 Å². The zero-order chi connectivity index (χ0) is 30.6. The minimum absolute atomic E-state index is 0.143. The van der Waals surface area contributed by atoms with Crippen LogP contribution in [-0.4, -0.2) is 40.5 Å². The molecular weight excluding hydrogens is 522 g/mol. The smallest absolute Gasteiger partial charge is 0.255 e. The van der Waals surface area contributed by atoms with E-state index in [0.717, 1.165) is 0 Å². The first kappa shape index (κ1) is 30.6. The summed E-state index contributed by atoms with van der Waals surface area (Å²) < 4.78 is 0. The minimum Gasteiger partial charge on any atom is -0.380 e. The number of benzene rings is 3. The number of Topliss-reactive ketones (excluding diaryl/α,β-unsaturated/α-hetero) is 4. The topological polar surface area (TPSA) is 139 Å². The van der Waals surface area contributed by atoms with Crippen LogP contribution in [0.3, 0.4) is 0 Å². The Bertz CT molecular complexity index is 1430. The van der Waals surface area contributed by atoms with Crippen LogP contribution in [0.1, 0.15) is 111 Å². The van der Waals surface area contributed by atoms with Crippen molar-refractivity contribution in [1.82, 2.24) is 0 Å². The molecule has 0 bridgehead atoms. The zero-order valence-corrected chi connectivity index (χ0v) is 24.1. The zero-order valence-electron chi connectivity index (χ0n) is 24.1. The van der Waals surface area contributed by atoms with Gasteiger partial charge in [0.15, 0.2) is 23.1 Å². The average molecular weight is 556 g/mol. The fourth-order valence-electron chi connectivity index (χ4n) is 4.01. The molecule has 0 atom stereocenters. The van der Waals surface area contributed by atoms with Crippen molar-refractivity contribution in [3.8, 4) is 0 Å². The van der Waals surface area contributed by atoms with E-state index in [4.69, 9.17) is 0 Å². The molecule has 0 spiro atoms. The number of carbonyl (C=O) groups is 6. The molecule has 3 aromatic carbocycles. The van der Waals surface area contributed by atoms with Gasteiger partial charge in [0.2, 0.25) is 0 Å². The highest BCUT2D eigenvalue weighted by Gasteiger charge is 2.19. The Balaban J connectivity index is 2.02. The van der Waals surface area contributed by atoms with Crippen molar-refractivity contribution in [2.45, 2.75) is 54.0 Å². The third-order valence-corrected chi connectivity index (χ3v) is 5.98. The van der Waals surface area contributed by atoms with E-state index in [9.17, 15) is 28.8 Å². The molecule has 0 saturated heterocycles. The molecule has 0 unspecified atom stereocenters. The lowest BCUT2D eigenvalue weighted by atomic mass is 10.0. The fraction of sp³-hybridized carbons (Fsp3) is 0.250. The second kappa shape index (κ2) is 12.1. The second-order valence-corrected chi connectivity index (χ2v) is 10.9. The molecular formula is C32H33N3O6. The first-order valence-corrected chi connectivity index (χ1v) is 12.9. The van der Waals surface area contributed by atoms with Crippen LogP contribution >= 0.6 is 0 Å². The lowest BCUT2D eigenvalue weighted by Gasteiger charge is -2.23. The van der Waals surface area contributed by atoms with Crippen molar-refractivity contribution in [3.05, 3.63) is 88.0 Å². The molecule has 0 fully saturated rings. The van der Waals surface area contributed by atoms with E-state index in [1.54, 1.807) is 12.1 Å². The van der Waals surface area contributed by atoms with Gasteiger partial charge < -0.3 is 16.0 Å². The van der Waals surface area contributed by atoms with Crippen LogP contribution in [0, 0.1) is 0 Å². The van der Waals surface area contributed by atoms with Crippen LogP contribution in [0.4, 0.5) is 17.1 Å². The average Bonchev–Trinajstić information content (AvgIpc) is 2.86. The molecule has 2 amide bonds. The molecule has 0 saturated carbocycles. The quantitative estimate of drug-likeness (QED) is 0.267. The normalized spacial score (nSPS) is 10.9. The lowest BCUT2D eigenvalue weighted by Crippen LogP contribution is -2.27. The standard InChI is InChI=1S/C32H33N3O6/c1-17(36)21-8-22(18(2)37)12-27(11-21)33-30(40)25-10-26(16-29(15-25)35-32(5,6)7)31(41)34-28-13-23(19(3)38)9-24(14-28)20(4)39/h8-16,35H,1-7H3,(H,33,40)(H,34,41). The summed E-state index contributed by atoms with van der Waals surface area (Å²) in [5.74, 6) is -2.18. The van der Waals surface area contributed by atoms with Crippen molar-refractivity contribution in [2.24, 2.45) is 0 Å². The summed E-state index contributed by atoms with van der Waals surface area (Å²) in [6.45, 7) is 11.2. The molecule has 212 valence electrons. The first-order chi connectivity index (χ1) is 19.0. The van der Waals surface area contributed by atoms with Crippen molar-refractivity contribution in [1.29, 1.82) is 0 Å². The minimum atomic E-state index is -0.566. The van der Waals surface area contributed by atoms with E-state index >= 15 is 0 Å². The molecule has 0 heterocycles. The maximum Gasteiger partial charge on any atom is 0.255 e. The van der Waals surface area contributed by atoms with Gasteiger partial charge in [-0.1, -0.05) is 0 Å². The molecule has 9 nitrogen and oxygen atoms in total. The summed E-state index contributed by atoms with van der Waals surface area (Å²) >= 11 is 0. The number of carbonyl (C=O) groups excluding carboxylic acids is 6. The molecule has 0 aliphatic rings. The summed E-state index contributed by atoms with van der Waals surface area (Å²) in [6, 6.07) is 13.4. The monoisotopic (exact) mass is 555 g/mol. The third-order valence-electron chi connectivity index (χ3n) is 5.98. The summed E-state index contributed by atoms with van der Waals surface area (Å²) in [5.41, 5.74) is 1.98. The van der Waals surface area contributed by atoms with E-state index < -0.39 is 17.4 Å². The molecule has 0 aliphatic carbocycles. The molecule has 41 heavy (non-hydrogen) atoms. The van der Waals surface area contributed by atoms with Crippen LogP contribution in [0.5, 0.6) is 0 Å². The van der Waals surface area contributed by atoms with Crippen LogP contribution in [-0.2, 0) is 0 Å². The number of amides is 2. The first-order valence-electron chi connectivity index (χ1n) is 12.9. The van der Waals surface area contributed by atoms with Gasteiger partial charge in [-0.25, -0.2) is 0 Å². The van der Waals surface area contributed by atoms with Gasteiger partial charge in [-0.05, 0) is 103 Å². The Morgan fingerprint density at radius 2 is 0.707 bits per heavy atom. The van der Waals surface area contributed by atoms with Gasteiger partial charge in [0.1, 0.15) is 0 Å². The van der Waals surface area contributed by atoms with E-state index in [2.05, 4.69) is 16.0 Å². The SMILES string of the molecule is CC(=O)c1cc(NC(=O)c2cc(NC(C)(C)C)cc(C(=O)Nc3cc(C(C)=O)cc(C(C)=O)c3)c2)cc(C(C)=O)c1. The summed E-state index contributed by atoms with van der Waals surface area (Å²) in [4.78, 5) is 74.6. The van der Waals surface area contributed by atoms with Gasteiger partial charge in [0.05, 0.1) is 0 Å². The fourth-order valence-corrected chi connectivity index (χ4v) is 4.01. The molecule has 3 N–H and O–H groups in total. The predicted octanol–water partition coefficient (Wildman–Crippen LogP) is 6.21. The molecule has 0 aliphatic heterocycles. The Kier molecular flexibility index (Phi) is 9.02. The van der Waals surface area contributed by atoms with Crippen molar-refractivity contribution >= 4 is 52.0 Å². The predicted molar refractivity (Wildman–Crippen MR) is 159 cm³/mol. The van der Waals surface area contributed by atoms with Gasteiger partial charge in [-0.15, -0.1) is 0 Å². The van der Waals surface area contributed by atoms with E-state index in [1.807, 2.05) is 20.8 Å². The van der Waals surface area contributed by atoms with Gasteiger partial charge in [0.25, 0.3) is 11.8 Å². The highest BCUT2D eigenvalue weighted by molar-refractivity contribution is 6.11. The second-order valence-electron chi connectivity index (χ2n) is 10.9. The molecule has 0 radical (unpaired) electrons. The summed E-state index contributed by atoms with van der Waals surface area (Å²) in [7, 11) is 0. The van der Waals surface area contributed by atoms with E-state index in [1.165, 1.54) is 70.2 Å². The van der Waals surface area contributed by atoms with Gasteiger partial charge >= 0.3 is 0 Å². The Hall–Kier alpha value is -4.92. The molecule has 9 heteroatoms. The van der Waals surface area contributed by atoms with Crippen LogP contribution in [0.15, 0.2) is 54.6 Å². The van der Waals surface area contributed by atoms with Gasteiger partial charge in [0, 0.05) is 56.0 Å². The molecule has 3 rings (SSSR count). The molecule has 0 aromatic heterocycles. The van der Waals surface area contributed by atoms with Crippen molar-refractivity contribution in [2.75, 3.05) is 16.0 Å². The van der Waals surface area contributed by atoms with E-state index in [-0.39, 0.29) is 67.9 Å². The van der Waals surface area contributed by atoms with Crippen LogP contribution < -0.4 is 16.0 Å². The number of ketones is 4. The highest BCUT2D eigenvalue weighted by atomic mass is 16.2. The Morgan fingerprint density at radius 3 is 0.976 bits per heavy atom. The van der Waals surface area contributed by atoms with Crippen LogP contribution in [0.25, 0.3) is 0 Å². The Morgan fingerprint density at radius 1 is 0.439 bits per heavy atom. The Labute approximate surface area is 238 Å². The number of hydrogen-bond acceptors (Lipinski definition) is 7. The van der Waals surface area contributed by atoms with Crippen LogP contribution in [0.2, 0.25) is 0 Å². The molecule has 3 aromatic rings. The summed E-state index contributed by atoms with van der Waals surface area (Å²) in [6.07, 6.45) is 0. The van der Waals surface area contributed by atoms with Crippen molar-refractivity contribution in [3.63, 3.8) is 0 Å². The third kappa shape index (κ3) is 8.28. The van der Waals surface area contributed by atoms with Gasteiger partial charge in [-0.3, -0.25) is 28.8 Å². The maximum atomic E-state index is 13.4. The number of anilines is 3. The number of rotatable bonds is 9. The maximum absolute atomic E-state index is 13.4. The largest absolute Gasteiger partial charge is 0.380 e.